The highest BCUT2D eigenvalue weighted by Gasteiger charge is 2.14. The van der Waals surface area contributed by atoms with Gasteiger partial charge in [-0.1, -0.05) is 22.0 Å². The third-order valence-electron chi connectivity index (χ3n) is 2.63. The molecule has 3 rings (SSSR count). The van der Waals surface area contributed by atoms with Crippen molar-refractivity contribution >= 4 is 32.2 Å². The first-order valence-electron chi connectivity index (χ1n) is 5.50. The number of hydrogen-bond donors (Lipinski definition) is 0. The molecular weight excluding hydrogens is 326 g/mol. The summed E-state index contributed by atoms with van der Waals surface area (Å²) in [5.41, 5.74) is 1.53. The smallest absolute Gasteiger partial charge is 0.243 e. The maximum Gasteiger partial charge on any atom is 0.243 e. The van der Waals surface area contributed by atoms with Crippen molar-refractivity contribution in [2.24, 2.45) is 0 Å². The van der Waals surface area contributed by atoms with Crippen molar-refractivity contribution in [2.45, 2.75) is 5.33 Å². The summed E-state index contributed by atoms with van der Waals surface area (Å²) in [6, 6.07) is 9.13. The van der Waals surface area contributed by atoms with Crippen LogP contribution in [0, 0.1) is 11.3 Å². The lowest BCUT2D eigenvalue weighted by molar-refractivity contribution is 0.461. The Bertz CT molecular complexity index is 772. The summed E-state index contributed by atoms with van der Waals surface area (Å²) in [7, 11) is 0. The minimum atomic E-state index is 0.568. The number of aromatic nitrogens is 2. The van der Waals surface area contributed by atoms with Gasteiger partial charge in [-0.3, -0.25) is 4.40 Å². The molecule has 0 atom stereocenters. The van der Waals surface area contributed by atoms with Gasteiger partial charge in [-0.25, -0.2) is 0 Å². The second-order valence-corrected chi connectivity index (χ2v) is 5.23. The lowest BCUT2D eigenvalue weighted by atomic mass is 10.2. The van der Waals surface area contributed by atoms with Gasteiger partial charge >= 0.3 is 0 Å². The lowest BCUT2D eigenvalue weighted by Crippen LogP contribution is -1.91. The average molecular weight is 334 g/mol. The van der Waals surface area contributed by atoms with Crippen LogP contribution in [-0.4, -0.2) is 9.38 Å². The van der Waals surface area contributed by atoms with E-state index in [2.05, 4.69) is 27.0 Å². The van der Waals surface area contributed by atoms with Crippen molar-refractivity contribution in [2.75, 3.05) is 0 Å². The number of rotatable bonds is 3. The van der Waals surface area contributed by atoms with E-state index in [1.807, 2.05) is 22.0 Å². The molecule has 0 saturated carbocycles. The van der Waals surface area contributed by atoms with Crippen LogP contribution in [0.15, 0.2) is 35.8 Å². The first kappa shape index (κ1) is 12.2. The first-order chi connectivity index (χ1) is 9.31. The Kier molecular flexibility index (Phi) is 3.23. The van der Waals surface area contributed by atoms with E-state index < -0.39 is 0 Å². The molecule has 0 aliphatic rings. The topological polar surface area (TPSA) is 50.3 Å². The zero-order valence-electron chi connectivity index (χ0n) is 9.71. The summed E-state index contributed by atoms with van der Waals surface area (Å²) in [5, 5.41) is 11.5. The van der Waals surface area contributed by atoms with Crippen LogP contribution >= 0.6 is 27.3 Å². The molecule has 19 heavy (non-hydrogen) atoms. The Labute approximate surface area is 122 Å². The SMILES string of the molecule is N#Cc1cccc(Oc2nc3sccn3c2CBr)c1. The molecule has 0 amide bonds. The van der Waals surface area contributed by atoms with Crippen LogP contribution in [0.2, 0.25) is 0 Å². The lowest BCUT2D eigenvalue weighted by Gasteiger charge is -2.04. The molecule has 0 unspecified atom stereocenters. The summed E-state index contributed by atoms with van der Waals surface area (Å²) < 4.78 is 7.77. The van der Waals surface area contributed by atoms with Crippen LogP contribution in [0.25, 0.3) is 4.96 Å². The molecule has 1 aromatic carbocycles. The van der Waals surface area contributed by atoms with Crippen LogP contribution in [0.3, 0.4) is 0 Å². The summed E-state index contributed by atoms with van der Waals surface area (Å²) in [6.07, 6.45) is 1.96. The Morgan fingerprint density at radius 1 is 1.47 bits per heavy atom. The second-order valence-electron chi connectivity index (χ2n) is 3.79. The van der Waals surface area contributed by atoms with Crippen LogP contribution in [0.5, 0.6) is 11.6 Å². The summed E-state index contributed by atoms with van der Waals surface area (Å²) in [5.74, 6) is 1.19. The molecular formula is C13H8BrN3OS. The predicted octanol–water partition coefficient (Wildman–Crippen LogP) is 3.95. The number of halogens is 1. The number of benzene rings is 1. The molecule has 3 aromatic rings. The molecule has 4 nitrogen and oxygen atoms in total. The standard InChI is InChI=1S/C13H8BrN3OS/c14-7-11-12(16-13-17(11)4-5-19-13)18-10-3-1-2-9(6-10)8-15/h1-6H,7H2. The molecule has 94 valence electrons. The zero-order chi connectivity index (χ0) is 13.2. The largest absolute Gasteiger partial charge is 0.437 e. The van der Waals surface area contributed by atoms with Crippen LogP contribution in [0.1, 0.15) is 11.3 Å². The van der Waals surface area contributed by atoms with E-state index in [9.17, 15) is 0 Å². The number of alkyl halides is 1. The van der Waals surface area contributed by atoms with Gasteiger partial charge in [0.1, 0.15) is 5.75 Å². The fourth-order valence-corrected chi connectivity index (χ4v) is 2.99. The number of imidazole rings is 1. The first-order valence-corrected chi connectivity index (χ1v) is 7.50. The molecule has 0 saturated heterocycles. The van der Waals surface area contributed by atoms with Gasteiger partial charge in [0.25, 0.3) is 0 Å². The van der Waals surface area contributed by atoms with Gasteiger partial charge in [-0.05, 0) is 18.2 Å². The van der Waals surface area contributed by atoms with E-state index in [0.29, 0.717) is 22.5 Å². The van der Waals surface area contributed by atoms with Crippen molar-refractivity contribution in [3.8, 4) is 17.7 Å². The Morgan fingerprint density at radius 2 is 2.37 bits per heavy atom. The number of hydrogen-bond acceptors (Lipinski definition) is 4. The van der Waals surface area contributed by atoms with E-state index >= 15 is 0 Å². The average Bonchev–Trinajstić information content (AvgIpc) is 2.99. The number of thiazole rings is 1. The molecule has 0 aliphatic heterocycles. The number of nitrogens with zero attached hydrogens (tertiary/aromatic N) is 3. The quantitative estimate of drug-likeness (QED) is 0.682. The van der Waals surface area contributed by atoms with Crippen molar-refractivity contribution in [3.63, 3.8) is 0 Å². The van der Waals surface area contributed by atoms with Gasteiger partial charge < -0.3 is 4.74 Å². The molecule has 0 N–H and O–H groups in total. The fraction of sp³-hybridized carbons (Fsp3) is 0.0769. The molecule has 0 aliphatic carbocycles. The number of nitriles is 1. The van der Waals surface area contributed by atoms with E-state index in [4.69, 9.17) is 10.00 Å². The Hall–Kier alpha value is -1.84. The number of ether oxygens (including phenoxy) is 1. The maximum absolute atomic E-state index is 8.88. The molecule has 2 aromatic heterocycles. The van der Waals surface area contributed by atoms with Gasteiger partial charge in [0.15, 0.2) is 4.96 Å². The Morgan fingerprint density at radius 3 is 3.16 bits per heavy atom. The Balaban J connectivity index is 2.00. The normalized spacial score (nSPS) is 10.5. The third kappa shape index (κ3) is 2.23. The molecule has 0 fully saturated rings. The van der Waals surface area contributed by atoms with E-state index in [1.54, 1.807) is 29.5 Å². The van der Waals surface area contributed by atoms with E-state index in [1.165, 1.54) is 0 Å². The maximum atomic E-state index is 8.88. The molecule has 0 spiro atoms. The van der Waals surface area contributed by atoms with Crippen LogP contribution in [-0.2, 0) is 5.33 Å². The van der Waals surface area contributed by atoms with Crippen molar-refractivity contribution in [1.82, 2.24) is 9.38 Å². The molecule has 0 radical (unpaired) electrons. The molecule has 2 heterocycles. The van der Waals surface area contributed by atoms with Gasteiger partial charge in [0.05, 0.1) is 17.3 Å². The second kappa shape index (κ2) is 5.03. The van der Waals surface area contributed by atoms with Crippen molar-refractivity contribution in [1.29, 1.82) is 5.26 Å². The highest BCUT2D eigenvalue weighted by Crippen LogP contribution is 2.29. The third-order valence-corrected chi connectivity index (χ3v) is 3.92. The van der Waals surface area contributed by atoms with Crippen LogP contribution in [0.4, 0.5) is 0 Å². The van der Waals surface area contributed by atoms with Gasteiger partial charge in [0.2, 0.25) is 5.88 Å². The summed E-state index contributed by atoms with van der Waals surface area (Å²) in [4.78, 5) is 5.33. The molecule has 6 heteroatoms. The van der Waals surface area contributed by atoms with Gasteiger partial charge in [-0.15, -0.1) is 11.3 Å². The van der Waals surface area contributed by atoms with E-state index in [0.717, 1.165) is 10.7 Å². The highest BCUT2D eigenvalue weighted by atomic mass is 79.9. The minimum Gasteiger partial charge on any atom is -0.437 e. The van der Waals surface area contributed by atoms with Gasteiger partial charge in [-0.2, -0.15) is 10.2 Å². The number of fused-ring (bicyclic) bond motifs is 1. The van der Waals surface area contributed by atoms with Crippen molar-refractivity contribution < 1.29 is 4.74 Å². The van der Waals surface area contributed by atoms with Crippen molar-refractivity contribution in [3.05, 3.63) is 47.1 Å². The zero-order valence-corrected chi connectivity index (χ0v) is 12.1. The highest BCUT2D eigenvalue weighted by molar-refractivity contribution is 9.08. The minimum absolute atomic E-state index is 0.568. The van der Waals surface area contributed by atoms with Gasteiger partial charge in [0, 0.05) is 16.9 Å². The van der Waals surface area contributed by atoms with E-state index in [-0.39, 0.29) is 0 Å². The predicted molar refractivity (Wildman–Crippen MR) is 76.9 cm³/mol. The molecule has 0 bridgehead atoms. The van der Waals surface area contributed by atoms with Crippen LogP contribution < -0.4 is 4.74 Å². The fourth-order valence-electron chi connectivity index (χ4n) is 1.76. The summed E-state index contributed by atoms with van der Waals surface area (Å²) >= 11 is 5.00. The monoisotopic (exact) mass is 333 g/mol. The summed E-state index contributed by atoms with van der Waals surface area (Å²) in [6.45, 7) is 0.